The zero-order valence-electron chi connectivity index (χ0n) is 12.1. The minimum absolute atomic E-state index is 0.0463. The Bertz CT molecular complexity index is 641. The fourth-order valence-corrected chi connectivity index (χ4v) is 3.62. The number of nitrogens with one attached hydrogen (secondary N) is 1. The molecule has 0 unspecified atom stereocenters. The highest BCUT2D eigenvalue weighted by Crippen LogP contribution is 2.31. The molecule has 116 valence electrons. The summed E-state index contributed by atoms with van der Waals surface area (Å²) in [6.07, 6.45) is 3.22. The maximum Gasteiger partial charge on any atom is 0.293 e. The summed E-state index contributed by atoms with van der Waals surface area (Å²) in [6, 6.07) is 3.92. The molecular formula is C13H19N3O4S. The number of hydrogen-bond donors (Lipinski definition) is 1. The van der Waals surface area contributed by atoms with Gasteiger partial charge < -0.3 is 5.32 Å². The number of nitro benzene ring substituents is 1. The first-order chi connectivity index (χ1) is 9.86. The van der Waals surface area contributed by atoms with E-state index in [0.717, 1.165) is 25.3 Å². The van der Waals surface area contributed by atoms with Gasteiger partial charge in [-0.1, -0.05) is 6.42 Å². The van der Waals surface area contributed by atoms with Gasteiger partial charge in [-0.3, -0.25) is 10.1 Å². The molecule has 1 N–H and O–H groups in total. The Morgan fingerprint density at radius 2 is 2.10 bits per heavy atom. The predicted octanol–water partition coefficient (Wildman–Crippen LogP) is 2.06. The highest BCUT2D eigenvalue weighted by molar-refractivity contribution is 7.89. The molecule has 0 saturated heterocycles. The van der Waals surface area contributed by atoms with Crippen LogP contribution in [0.2, 0.25) is 0 Å². The summed E-state index contributed by atoms with van der Waals surface area (Å²) in [4.78, 5) is 10.4. The van der Waals surface area contributed by atoms with Gasteiger partial charge in [0.15, 0.2) is 0 Å². The maximum atomic E-state index is 12.5. The normalized spacial score (nSPS) is 15.8. The van der Waals surface area contributed by atoms with E-state index >= 15 is 0 Å². The first kappa shape index (κ1) is 15.7. The van der Waals surface area contributed by atoms with Crippen molar-refractivity contribution in [1.29, 1.82) is 0 Å². The van der Waals surface area contributed by atoms with Crippen LogP contribution in [0.5, 0.6) is 0 Å². The molecule has 1 aliphatic carbocycles. The molecule has 7 nitrogen and oxygen atoms in total. The minimum atomic E-state index is -3.69. The highest BCUT2D eigenvalue weighted by Gasteiger charge is 2.28. The van der Waals surface area contributed by atoms with E-state index < -0.39 is 14.9 Å². The molecule has 0 spiro atoms. The minimum Gasteiger partial charge on any atom is -0.383 e. The van der Waals surface area contributed by atoms with Crippen LogP contribution in [0.4, 0.5) is 11.4 Å². The zero-order chi connectivity index (χ0) is 15.6. The van der Waals surface area contributed by atoms with E-state index in [2.05, 4.69) is 5.32 Å². The topological polar surface area (TPSA) is 92.6 Å². The Morgan fingerprint density at radius 3 is 2.57 bits per heavy atom. The van der Waals surface area contributed by atoms with Crippen LogP contribution >= 0.6 is 0 Å². The maximum absolute atomic E-state index is 12.5. The molecule has 0 bridgehead atoms. The van der Waals surface area contributed by atoms with Gasteiger partial charge in [-0.15, -0.1) is 0 Å². The van der Waals surface area contributed by atoms with Crippen molar-refractivity contribution in [3.63, 3.8) is 0 Å². The quantitative estimate of drug-likeness (QED) is 0.641. The van der Waals surface area contributed by atoms with Gasteiger partial charge in [-0.2, -0.15) is 0 Å². The van der Waals surface area contributed by atoms with Crippen LogP contribution in [-0.4, -0.2) is 38.3 Å². The summed E-state index contributed by atoms with van der Waals surface area (Å²) in [7, 11) is -0.616. The molecule has 1 aliphatic rings. The Morgan fingerprint density at radius 1 is 1.43 bits per heavy atom. The van der Waals surface area contributed by atoms with Gasteiger partial charge in [0.25, 0.3) is 5.69 Å². The number of benzene rings is 1. The molecule has 0 amide bonds. The van der Waals surface area contributed by atoms with Crippen LogP contribution in [0.25, 0.3) is 0 Å². The lowest BCUT2D eigenvalue weighted by atomic mass is 9.86. The average molecular weight is 313 g/mol. The summed E-state index contributed by atoms with van der Waals surface area (Å²) in [5.74, 6) is 0.399. The standard InChI is InChI=1S/C13H19N3O4S/c1-14-12-7-6-11(8-13(12)16(17)18)21(19,20)15(2)9-10-4-3-5-10/h6-8,10,14H,3-5,9H2,1-2H3. The van der Waals surface area contributed by atoms with Gasteiger partial charge in [0, 0.05) is 26.7 Å². The monoisotopic (exact) mass is 313 g/mol. The molecule has 0 atom stereocenters. The smallest absolute Gasteiger partial charge is 0.293 e. The van der Waals surface area contributed by atoms with E-state index in [1.165, 1.54) is 23.5 Å². The van der Waals surface area contributed by atoms with Crippen molar-refractivity contribution >= 4 is 21.4 Å². The number of hydrogen-bond acceptors (Lipinski definition) is 5. The number of nitrogens with zero attached hydrogens (tertiary/aromatic N) is 2. The average Bonchev–Trinajstić information content (AvgIpc) is 2.41. The number of sulfonamides is 1. The number of rotatable bonds is 6. The van der Waals surface area contributed by atoms with Gasteiger partial charge in [-0.05, 0) is 30.9 Å². The summed E-state index contributed by atoms with van der Waals surface area (Å²) in [5.41, 5.74) is 0.0521. The Kier molecular flexibility index (Phi) is 4.48. The van der Waals surface area contributed by atoms with Crippen molar-refractivity contribution in [3.8, 4) is 0 Å². The first-order valence-corrected chi connectivity index (χ1v) is 8.23. The molecular weight excluding hydrogens is 294 g/mol. The molecule has 0 radical (unpaired) electrons. The van der Waals surface area contributed by atoms with E-state index in [1.54, 1.807) is 7.05 Å². The Hall–Kier alpha value is -1.67. The third-order valence-electron chi connectivity index (χ3n) is 3.88. The van der Waals surface area contributed by atoms with Crippen molar-refractivity contribution < 1.29 is 13.3 Å². The predicted molar refractivity (Wildman–Crippen MR) is 79.8 cm³/mol. The lowest BCUT2D eigenvalue weighted by Crippen LogP contribution is -2.34. The second-order valence-electron chi connectivity index (χ2n) is 5.27. The molecule has 1 fully saturated rings. The van der Waals surface area contributed by atoms with Crippen molar-refractivity contribution in [3.05, 3.63) is 28.3 Å². The van der Waals surface area contributed by atoms with E-state index in [-0.39, 0.29) is 10.6 Å². The van der Waals surface area contributed by atoms with E-state index in [4.69, 9.17) is 0 Å². The van der Waals surface area contributed by atoms with Gasteiger partial charge in [0.1, 0.15) is 5.69 Å². The third-order valence-corrected chi connectivity index (χ3v) is 5.70. The third kappa shape index (κ3) is 3.16. The van der Waals surface area contributed by atoms with E-state index in [1.807, 2.05) is 0 Å². The summed E-state index contributed by atoms with van der Waals surface area (Å²) in [5, 5.41) is 13.7. The second-order valence-corrected chi connectivity index (χ2v) is 7.31. The van der Waals surface area contributed by atoms with Crippen molar-refractivity contribution in [2.75, 3.05) is 26.0 Å². The molecule has 2 rings (SSSR count). The van der Waals surface area contributed by atoms with Crippen LogP contribution in [0.1, 0.15) is 19.3 Å². The molecule has 1 aromatic carbocycles. The van der Waals surface area contributed by atoms with Gasteiger partial charge in [0.05, 0.1) is 9.82 Å². The molecule has 1 aromatic rings. The molecule has 0 aliphatic heterocycles. The van der Waals surface area contributed by atoms with Gasteiger partial charge in [0.2, 0.25) is 10.0 Å². The Labute approximate surface area is 124 Å². The Balaban J connectivity index is 2.30. The van der Waals surface area contributed by atoms with Crippen LogP contribution in [0, 0.1) is 16.0 Å². The van der Waals surface area contributed by atoms with Crippen molar-refractivity contribution in [2.24, 2.45) is 5.92 Å². The summed E-state index contributed by atoms with van der Waals surface area (Å²) >= 11 is 0. The van der Waals surface area contributed by atoms with E-state index in [9.17, 15) is 18.5 Å². The van der Waals surface area contributed by atoms with Crippen LogP contribution < -0.4 is 5.32 Å². The molecule has 1 saturated carbocycles. The fraction of sp³-hybridized carbons (Fsp3) is 0.538. The summed E-state index contributed by atoms with van der Waals surface area (Å²) < 4.78 is 26.2. The molecule has 8 heteroatoms. The van der Waals surface area contributed by atoms with Gasteiger partial charge in [-0.25, -0.2) is 12.7 Å². The lowest BCUT2D eigenvalue weighted by molar-refractivity contribution is -0.384. The number of anilines is 1. The summed E-state index contributed by atoms with van der Waals surface area (Å²) in [6.45, 7) is 0.462. The fourth-order valence-electron chi connectivity index (χ4n) is 2.35. The zero-order valence-corrected chi connectivity index (χ0v) is 12.9. The van der Waals surface area contributed by atoms with Crippen LogP contribution in [0.3, 0.4) is 0 Å². The highest BCUT2D eigenvalue weighted by atomic mass is 32.2. The second kappa shape index (κ2) is 5.98. The lowest BCUT2D eigenvalue weighted by Gasteiger charge is -2.29. The van der Waals surface area contributed by atoms with Crippen molar-refractivity contribution in [1.82, 2.24) is 4.31 Å². The van der Waals surface area contributed by atoms with E-state index in [0.29, 0.717) is 18.2 Å². The first-order valence-electron chi connectivity index (χ1n) is 6.79. The molecule has 0 aromatic heterocycles. The van der Waals surface area contributed by atoms with Gasteiger partial charge >= 0.3 is 0 Å². The van der Waals surface area contributed by atoms with Crippen LogP contribution in [-0.2, 0) is 10.0 Å². The molecule has 0 heterocycles. The number of nitro groups is 1. The molecule has 21 heavy (non-hydrogen) atoms. The SMILES string of the molecule is CNc1ccc(S(=O)(=O)N(C)CC2CCC2)cc1[N+](=O)[O-]. The van der Waals surface area contributed by atoms with Crippen LogP contribution in [0.15, 0.2) is 23.1 Å². The van der Waals surface area contributed by atoms with Crippen molar-refractivity contribution in [2.45, 2.75) is 24.2 Å². The largest absolute Gasteiger partial charge is 0.383 e.